The molecule has 2 nitrogen and oxygen atoms in total. The molecule has 0 radical (unpaired) electrons. The summed E-state index contributed by atoms with van der Waals surface area (Å²) in [4.78, 5) is 2.33. The summed E-state index contributed by atoms with van der Waals surface area (Å²) in [6, 6.07) is 8.61. The van der Waals surface area contributed by atoms with Crippen molar-refractivity contribution < 1.29 is 5.11 Å². The Balaban J connectivity index is 2.17. The van der Waals surface area contributed by atoms with Crippen LogP contribution in [0.3, 0.4) is 0 Å². The van der Waals surface area contributed by atoms with Crippen LogP contribution in [-0.4, -0.2) is 29.6 Å². The van der Waals surface area contributed by atoms with Gasteiger partial charge in [0.1, 0.15) is 0 Å². The van der Waals surface area contributed by atoms with Crippen molar-refractivity contribution in [3.8, 4) is 0 Å². The fourth-order valence-electron chi connectivity index (χ4n) is 3.05. The molecule has 0 heterocycles. The maximum atomic E-state index is 10.6. The van der Waals surface area contributed by atoms with Gasteiger partial charge in [-0.2, -0.15) is 0 Å². The molecule has 3 unspecified atom stereocenters. The van der Waals surface area contributed by atoms with E-state index in [1.54, 1.807) is 0 Å². The molecule has 1 aliphatic rings. The predicted molar refractivity (Wildman–Crippen MR) is 75.8 cm³/mol. The number of benzene rings is 1. The van der Waals surface area contributed by atoms with Crippen molar-refractivity contribution in [1.29, 1.82) is 0 Å². The summed E-state index contributed by atoms with van der Waals surface area (Å²) in [7, 11) is 2.14. The summed E-state index contributed by atoms with van der Waals surface area (Å²) in [6.45, 7) is 5.56. The zero-order valence-electron chi connectivity index (χ0n) is 11.8. The van der Waals surface area contributed by atoms with Gasteiger partial charge in [0.05, 0.1) is 6.10 Å². The molecule has 0 amide bonds. The van der Waals surface area contributed by atoms with E-state index < -0.39 is 0 Å². The predicted octanol–water partition coefficient (Wildman–Crippen LogP) is 3.33. The van der Waals surface area contributed by atoms with Crippen molar-refractivity contribution in [2.45, 2.75) is 51.2 Å². The third kappa shape index (κ3) is 2.60. The quantitative estimate of drug-likeness (QED) is 0.882. The topological polar surface area (TPSA) is 23.5 Å². The van der Waals surface area contributed by atoms with Crippen LogP contribution in [0.15, 0.2) is 24.3 Å². The highest BCUT2D eigenvalue weighted by Crippen LogP contribution is 2.39. The second-order valence-electron chi connectivity index (χ2n) is 5.61. The molecule has 0 bridgehead atoms. The minimum absolute atomic E-state index is 0.265. The molecular weight excluding hydrogens is 222 g/mol. The van der Waals surface area contributed by atoms with Gasteiger partial charge < -0.3 is 10.0 Å². The van der Waals surface area contributed by atoms with E-state index in [-0.39, 0.29) is 12.1 Å². The monoisotopic (exact) mass is 247 g/mol. The lowest BCUT2D eigenvalue weighted by atomic mass is 9.79. The van der Waals surface area contributed by atoms with Crippen LogP contribution in [0.2, 0.25) is 0 Å². The molecule has 2 heteroatoms. The molecule has 0 spiro atoms. The average molecular weight is 247 g/mol. The SMILES string of the molecule is CCCCN(C)C1CC(C)c2ccccc2C1O. The number of aliphatic hydroxyl groups is 1. The minimum atomic E-state index is -0.334. The number of likely N-dealkylation sites (N-methyl/N-ethyl adjacent to an activating group) is 1. The first-order valence-electron chi connectivity index (χ1n) is 7.12. The van der Waals surface area contributed by atoms with Gasteiger partial charge in [-0.25, -0.2) is 0 Å². The number of aliphatic hydroxyl groups excluding tert-OH is 1. The van der Waals surface area contributed by atoms with E-state index in [1.165, 1.54) is 18.4 Å². The molecule has 1 aromatic carbocycles. The molecule has 100 valence electrons. The normalized spacial score (nSPS) is 27.3. The largest absolute Gasteiger partial charge is 0.387 e. The van der Waals surface area contributed by atoms with Crippen LogP contribution >= 0.6 is 0 Å². The average Bonchev–Trinajstić information content (AvgIpc) is 2.40. The minimum Gasteiger partial charge on any atom is -0.387 e. The van der Waals surface area contributed by atoms with Gasteiger partial charge in [-0.1, -0.05) is 44.5 Å². The van der Waals surface area contributed by atoms with Gasteiger partial charge in [0, 0.05) is 6.04 Å². The molecule has 0 saturated heterocycles. The number of hydrogen-bond acceptors (Lipinski definition) is 2. The van der Waals surface area contributed by atoms with E-state index in [0.29, 0.717) is 5.92 Å². The van der Waals surface area contributed by atoms with Gasteiger partial charge >= 0.3 is 0 Å². The van der Waals surface area contributed by atoms with E-state index in [9.17, 15) is 5.11 Å². The zero-order valence-corrected chi connectivity index (χ0v) is 11.8. The van der Waals surface area contributed by atoms with Gasteiger partial charge in [0.25, 0.3) is 0 Å². The maximum absolute atomic E-state index is 10.6. The van der Waals surface area contributed by atoms with Gasteiger partial charge in [-0.05, 0) is 43.5 Å². The Labute approximate surface area is 111 Å². The molecule has 18 heavy (non-hydrogen) atoms. The Morgan fingerprint density at radius 2 is 1.94 bits per heavy atom. The number of unbranched alkanes of at least 4 members (excludes halogenated alkanes) is 1. The van der Waals surface area contributed by atoms with Crippen molar-refractivity contribution in [3.05, 3.63) is 35.4 Å². The summed E-state index contributed by atoms with van der Waals surface area (Å²) in [5, 5.41) is 10.6. The molecule has 1 aromatic rings. The summed E-state index contributed by atoms with van der Waals surface area (Å²) >= 11 is 0. The second kappa shape index (κ2) is 5.85. The van der Waals surface area contributed by atoms with Crippen LogP contribution in [0, 0.1) is 0 Å². The third-order valence-corrected chi connectivity index (χ3v) is 4.24. The van der Waals surface area contributed by atoms with Crippen molar-refractivity contribution in [2.24, 2.45) is 0 Å². The summed E-state index contributed by atoms with van der Waals surface area (Å²) in [5.74, 6) is 0.540. The fraction of sp³-hybridized carbons (Fsp3) is 0.625. The summed E-state index contributed by atoms with van der Waals surface area (Å²) < 4.78 is 0. The molecule has 0 aromatic heterocycles. The lowest BCUT2D eigenvalue weighted by Gasteiger charge is -2.39. The lowest BCUT2D eigenvalue weighted by Crippen LogP contribution is -2.41. The first-order valence-corrected chi connectivity index (χ1v) is 7.12. The van der Waals surface area contributed by atoms with Gasteiger partial charge in [0.15, 0.2) is 0 Å². The van der Waals surface area contributed by atoms with Crippen LogP contribution in [-0.2, 0) is 0 Å². The van der Waals surface area contributed by atoms with Crippen molar-refractivity contribution >= 4 is 0 Å². The highest BCUT2D eigenvalue weighted by atomic mass is 16.3. The number of rotatable bonds is 4. The highest BCUT2D eigenvalue weighted by Gasteiger charge is 2.33. The molecule has 0 fully saturated rings. The highest BCUT2D eigenvalue weighted by molar-refractivity contribution is 5.35. The Kier molecular flexibility index (Phi) is 4.41. The summed E-state index contributed by atoms with van der Waals surface area (Å²) in [6.07, 6.45) is 3.13. The molecule has 0 saturated carbocycles. The van der Waals surface area contributed by atoms with Crippen molar-refractivity contribution in [1.82, 2.24) is 4.90 Å². The molecule has 3 atom stereocenters. The van der Waals surface area contributed by atoms with E-state index in [2.05, 4.69) is 44.0 Å². The van der Waals surface area contributed by atoms with Gasteiger partial charge in [-0.15, -0.1) is 0 Å². The third-order valence-electron chi connectivity index (χ3n) is 4.24. The Morgan fingerprint density at radius 1 is 1.28 bits per heavy atom. The number of fused-ring (bicyclic) bond motifs is 1. The molecule has 1 aliphatic carbocycles. The molecule has 0 aliphatic heterocycles. The van der Waals surface area contributed by atoms with E-state index in [0.717, 1.165) is 18.5 Å². The Morgan fingerprint density at radius 3 is 2.61 bits per heavy atom. The molecule has 1 N–H and O–H groups in total. The van der Waals surface area contributed by atoms with Crippen LogP contribution in [0.4, 0.5) is 0 Å². The summed E-state index contributed by atoms with van der Waals surface area (Å²) in [5.41, 5.74) is 2.45. The second-order valence-corrected chi connectivity index (χ2v) is 5.61. The van der Waals surface area contributed by atoms with Gasteiger partial charge in [0.2, 0.25) is 0 Å². The Hall–Kier alpha value is -0.860. The molecule has 2 rings (SSSR count). The molecular formula is C16H25NO. The lowest BCUT2D eigenvalue weighted by molar-refractivity contribution is 0.0442. The van der Waals surface area contributed by atoms with E-state index in [1.807, 2.05) is 6.07 Å². The first kappa shape index (κ1) is 13.6. The number of nitrogens with zero attached hydrogens (tertiary/aromatic N) is 1. The fourth-order valence-corrected chi connectivity index (χ4v) is 3.05. The Bertz CT molecular complexity index is 390. The van der Waals surface area contributed by atoms with Crippen molar-refractivity contribution in [2.75, 3.05) is 13.6 Å². The van der Waals surface area contributed by atoms with Gasteiger partial charge in [-0.3, -0.25) is 0 Å². The smallest absolute Gasteiger partial charge is 0.0948 e. The first-order chi connectivity index (χ1) is 8.65. The zero-order chi connectivity index (χ0) is 13.1. The van der Waals surface area contributed by atoms with Crippen LogP contribution in [0.5, 0.6) is 0 Å². The van der Waals surface area contributed by atoms with Crippen LogP contribution in [0.25, 0.3) is 0 Å². The van der Waals surface area contributed by atoms with E-state index in [4.69, 9.17) is 0 Å². The number of hydrogen-bond donors (Lipinski definition) is 1. The standard InChI is InChI=1S/C16H25NO/c1-4-5-10-17(3)15-11-12(2)13-8-6-7-9-14(13)16(15)18/h6-9,12,15-16,18H,4-5,10-11H2,1-3H3. The van der Waals surface area contributed by atoms with Crippen molar-refractivity contribution in [3.63, 3.8) is 0 Å². The van der Waals surface area contributed by atoms with Crippen LogP contribution in [0.1, 0.15) is 56.3 Å². The maximum Gasteiger partial charge on any atom is 0.0948 e. The van der Waals surface area contributed by atoms with E-state index >= 15 is 0 Å². The van der Waals surface area contributed by atoms with Crippen LogP contribution < -0.4 is 0 Å².